The summed E-state index contributed by atoms with van der Waals surface area (Å²) in [4.78, 5) is 14.8. The van der Waals surface area contributed by atoms with Gasteiger partial charge in [0.1, 0.15) is 11.6 Å². The molecule has 4 rings (SSSR count). The Morgan fingerprint density at radius 2 is 1.50 bits per heavy atom. The van der Waals surface area contributed by atoms with Crippen LogP contribution in [0.3, 0.4) is 0 Å². The second-order valence-corrected chi connectivity index (χ2v) is 8.95. The van der Waals surface area contributed by atoms with Gasteiger partial charge in [-0.05, 0) is 63.8 Å². The number of halogens is 2. The monoisotopic (exact) mass is 443 g/mol. The fraction of sp³-hybridized carbons (Fsp3) is 0.519. The van der Waals surface area contributed by atoms with E-state index in [2.05, 4.69) is 11.9 Å². The van der Waals surface area contributed by atoms with E-state index in [1.165, 1.54) is 25.0 Å². The first-order chi connectivity index (χ1) is 15.4. The first kappa shape index (κ1) is 24.5. The lowest BCUT2D eigenvalue weighted by Gasteiger charge is -2.35. The molecule has 0 saturated carbocycles. The summed E-state index contributed by atoms with van der Waals surface area (Å²) in [6.07, 6.45) is 5.70. The van der Waals surface area contributed by atoms with Crippen molar-refractivity contribution in [1.82, 2.24) is 4.90 Å². The van der Waals surface area contributed by atoms with Gasteiger partial charge < -0.3 is 9.64 Å². The van der Waals surface area contributed by atoms with E-state index in [0.717, 1.165) is 25.7 Å². The molecule has 174 valence electrons. The first-order valence-corrected chi connectivity index (χ1v) is 11.7. The Bertz CT molecular complexity index is 890. The second kappa shape index (κ2) is 10.7. The fourth-order valence-electron chi connectivity index (χ4n) is 5.37. The Morgan fingerprint density at radius 1 is 0.969 bits per heavy atom. The molecule has 2 saturated heterocycles. The smallest absolute Gasteiger partial charge is 0.169 e. The molecular formula is C27H35F2NO2. The van der Waals surface area contributed by atoms with Crippen LogP contribution in [0.1, 0.15) is 68.3 Å². The molecule has 0 N–H and O–H groups in total. The Balaban J connectivity index is 0.000000188. The summed E-state index contributed by atoms with van der Waals surface area (Å²) in [6, 6.07) is 14.2. The van der Waals surface area contributed by atoms with Crippen LogP contribution < -0.4 is 0 Å². The number of rotatable bonds is 6. The van der Waals surface area contributed by atoms with Crippen molar-refractivity contribution < 1.29 is 18.3 Å². The number of fused-ring (bicyclic) bond motifs is 2. The van der Waals surface area contributed by atoms with Gasteiger partial charge >= 0.3 is 0 Å². The van der Waals surface area contributed by atoms with Crippen LogP contribution in [0.25, 0.3) is 0 Å². The van der Waals surface area contributed by atoms with Gasteiger partial charge in [-0.25, -0.2) is 8.78 Å². The summed E-state index contributed by atoms with van der Waals surface area (Å²) in [7, 11) is 3.78. The molecule has 2 aromatic rings. The quantitative estimate of drug-likeness (QED) is 0.486. The standard InChI is InChI=1S/C15H18FNO.C12H17FO/c1-17-11-6-7-12(17)9-10(8-11)15(18)13-4-2-3-5-14(13)16;1-4-12(5-2,14-3)10-8-6-7-9-11(10)13/h2-5,10-12H,6-9H2,1H3;6-9H,4-5H2,1-3H3. The highest BCUT2D eigenvalue weighted by atomic mass is 19.1. The summed E-state index contributed by atoms with van der Waals surface area (Å²) in [6.45, 7) is 4.03. The van der Waals surface area contributed by atoms with Crippen molar-refractivity contribution in [2.24, 2.45) is 5.92 Å². The number of ether oxygens (including phenoxy) is 1. The highest BCUT2D eigenvalue weighted by Crippen LogP contribution is 2.39. The van der Waals surface area contributed by atoms with Crippen LogP contribution in [0.4, 0.5) is 8.78 Å². The molecule has 2 bridgehead atoms. The average molecular weight is 444 g/mol. The summed E-state index contributed by atoms with van der Waals surface area (Å²) in [5.41, 5.74) is 0.463. The van der Waals surface area contributed by atoms with Gasteiger partial charge in [0.25, 0.3) is 0 Å². The molecule has 0 aliphatic carbocycles. The summed E-state index contributed by atoms with van der Waals surface area (Å²) < 4.78 is 32.7. The number of carbonyl (C=O) groups is 1. The number of hydrogen-bond acceptors (Lipinski definition) is 3. The topological polar surface area (TPSA) is 29.5 Å². The molecule has 2 aliphatic heterocycles. The molecule has 3 nitrogen and oxygen atoms in total. The van der Waals surface area contributed by atoms with Gasteiger partial charge in [-0.1, -0.05) is 44.2 Å². The van der Waals surface area contributed by atoms with Crippen molar-refractivity contribution in [3.63, 3.8) is 0 Å². The summed E-state index contributed by atoms with van der Waals surface area (Å²) in [5.74, 6) is -0.555. The number of piperidine rings is 1. The first-order valence-electron chi connectivity index (χ1n) is 11.7. The largest absolute Gasteiger partial charge is 0.373 e. The van der Waals surface area contributed by atoms with Crippen molar-refractivity contribution in [2.75, 3.05) is 14.2 Å². The van der Waals surface area contributed by atoms with Crippen molar-refractivity contribution in [1.29, 1.82) is 0 Å². The molecule has 2 unspecified atom stereocenters. The number of carbonyl (C=O) groups excluding carboxylic acids is 1. The Kier molecular flexibility index (Phi) is 8.18. The minimum Gasteiger partial charge on any atom is -0.373 e. The van der Waals surface area contributed by atoms with E-state index < -0.39 is 5.60 Å². The molecule has 0 amide bonds. The number of methoxy groups -OCH3 is 1. The highest BCUT2D eigenvalue weighted by molar-refractivity contribution is 5.98. The second-order valence-electron chi connectivity index (χ2n) is 8.95. The molecule has 0 spiro atoms. The van der Waals surface area contributed by atoms with Gasteiger partial charge in [-0.3, -0.25) is 4.79 Å². The molecule has 2 aromatic carbocycles. The molecular weight excluding hydrogens is 408 g/mol. The van der Waals surface area contributed by atoms with Crippen LogP contribution >= 0.6 is 0 Å². The zero-order chi connectivity index (χ0) is 23.3. The van der Waals surface area contributed by atoms with E-state index in [4.69, 9.17) is 4.74 Å². The predicted molar refractivity (Wildman–Crippen MR) is 124 cm³/mol. The van der Waals surface area contributed by atoms with Crippen molar-refractivity contribution >= 4 is 5.78 Å². The normalized spacial score (nSPS) is 22.9. The van der Waals surface area contributed by atoms with E-state index in [1.807, 2.05) is 19.9 Å². The number of hydrogen-bond donors (Lipinski definition) is 0. The highest BCUT2D eigenvalue weighted by Gasteiger charge is 2.41. The van der Waals surface area contributed by atoms with Crippen LogP contribution in [-0.4, -0.2) is 36.9 Å². The summed E-state index contributed by atoms with van der Waals surface area (Å²) >= 11 is 0. The van der Waals surface area contributed by atoms with Crippen LogP contribution in [0.2, 0.25) is 0 Å². The van der Waals surface area contributed by atoms with Crippen LogP contribution in [0.15, 0.2) is 48.5 Å². The van der Waals surface area contributed by atoms with E-state index in [1.54, 1.807) is 37.4 Å². The van der Waals surface area contributed by atoms with E-state index in [0.29, 0.717) is 17.6 Å². The molecule has 2 heterocycles. The molecule has 32 heavy (non-hydrogen) atoms. The zero-order valence-electron chi connectivity index (χ0n) is 19.6. The average Bonchev–Trinajstić information content (AvgIpc) is 3.01. The Morgan fingerprint density at radius 3 is 2.00 bits per heavy atom. The van der Waals surface area contributed by atoms with E-state index in [9.17, 15) is 13.6 Å². The van der Waals surface area contributed by atoms with Crippen LogP contribution in [0.5, 0.6) is 0 Å². The maximum absolute atomic E-state index is 13.7. The van der Waals surface area contributed by atoms with Crippen LogP contribution in [-0.2, 0) is 10.3 Å². The fourth-order valence-corrected chi connectivity index (χ4v) is 5.37. The number of nitrogens with zero attached hydrogens (tertiary/aromatic N) is 1. The van der Waals surface area contributed by atoms with Crippen molar-refractivity contribution in [3.05, 3.63) is 71.3 Å². The molecule has 2 aliphatic rings. The van der Waals surface area contributed by atoms with Gasteiger partial charge in [0.05, 0.1) is 11.2 Å². The van der Waals surface area contributed by atoms with Gasteiger partial charge in [0, 0.05) is 30.7 Å². The number of benzene rings is 2. The molecule has 2 fully saturated rings. The minimum atomic E-state index is -0.467. The predicted octanol–water partition coefficient (Wildman–Crippen LogP) is 6.37. The SMILES string of the molecule is CCC(CC)(OC)c1ccccc1F.CN1C2CCC1CC(C(=O)c1ccccc1F)C2. The zero-order valence-corrected chi connectivity index (χ0v) is 19.6. The Hall–Kier alpha value is -2.11. The van der Waals surface area contributed by atoms with Crippen molar-refractivity contribution in [2.45, 2.75) is 70.1 Å². The van der Waals surface area contributed by atoms with E-state index in [-0.39, 0.29) is 28.9 Å². The van der Waals surface area contributed by atoms with Crippen molar-refractivity contribution in [3.8, 4) is 0 Å². The third-order valence-corrected chi connectivity index (χ3v) is 7.51. The van der Waals surface area contributed by atoms with Gasteiger partial charge in [0.2, 0.25) is 0 Å². The minimum absolute atomic E-state index is 0.00176. The maximum atomic E-state index is 13.7. The summed E-state index contributed by atoms with van der Waals surface area (Å²) in [5, 5.41) is 0. The van der Waals surface area contributed by atoms with E-state index >= 15 is 0 Å². The third-order valence-electron chi connectivity index (χ3n) is 7.51. The lowest BCUT2D eigenvalue weighted by molar-refractivity contribution is -0.0244. The molecule has 2 atom stereocenters. The van der Waals surface area contributed by atoms with Gasteiger partial charge in [-0.15, -0.1) is 0 Å². The maximum Gasteiger partial charge on any atom is 0.169 e. The lowest BCUT2D eigenvalue weighted by Crippen LogP contribution is -2.42. The van der Waals surface area contributed by atoms with Gasteiger partial charge in [-0.2, -0.15) is 0 Å². The molecule has 0 aromatic heterocycles. The number of ketones is 1. The molecule has 5 heteroatoms. The third kappa shape index (κ3) is 4.94. The lowest BCUT2D eigenvalue weighted by atomic mass is 9.85. The number of Topliss-reactive ketones (excluding diaryl/α,β-unsaturated/α-hetero) is 1. The Labute approximate surface area is 190 Å². The molecule has 0 radical (unpaired) electrons. The van der Waals surface area contributed by atoms with Crippen LogP contribution in [0, 0.1) is 17.6 Å². The van der Waals surface area contributed by atoms with Gasteiger partial charge in [0.15, 0.2) is 5.78 Å².